The van der Waals surface area contributed by atoms with Crippen LogP contribution >= 0.6 is 11.6 Å². The molecule has 1 N–H and O–H groups in total. The highest BCUT2D eigenvalue weighted by Crippen LogP contribution is 2.25. The average molecular weight is 588 g/mol. The zero-order valence-corrected chi connectivity index (χ0v) is 24.7. The fourth-order valence-electron chi connectivity index (χ4n) is 4.22. The molecule has 3 aromatic rings. The summed E-state index contributed by atoms with van der Waals surface area (Å²) in [5.74, 6) is -1.64. The van der Waals surface area contributed by atoms with E-state index in [9.17, 15) is 22.4 Å². The van der Waals surface area contributed by atoms with Gasteiger partial charge in [0.25, 0.3) is 0 Å². The van der Waals surface area contributed by atoms with Gasteiger partial charge in [-0.2, -0.15) is 0 Å². The summed E-state index contributed by atoms with van der Waals surface area (Å²) in [6.45, 7) is 5.22. The second kappa shape index (κ2) is 13.8. The number of amides is 2. The van der Waals surface area contributed by atoms with E-state index in [4.69, 9.17) is 11.6 Å². The van der Waals surface area contributed by atoms with Crippen molar-refractivity contribution in [3.63, 3.8) is 0 Å². The third-order valence-corrected chi connectivity index (χ3v) is 8.17. The number of nitrogens with zero attached hydrogens (tertiary/aromatic N) is 2. The van der Waals surface area contributed by atoms with Crippen LogP contribution in [0.1, 0.15) is 37.0 Å². The van der Waals surface area contributed by atoms with E-state index in [1.165, 1.54) is 11.0 Å². The number of aryl methyl sites for hydroxylation is 1. The van der Waals surface area contributed by atoms with Crippen molar-refractivity contribution in [3.8, 4) is 0 Å². The van der Waals surface area contributed by atoms with Gasteiger partial charge in [-0.1, -0.05) is 73.1 Å². The van der Waals surface area contributed by atoms with Crippen LogP contribution in [0.3, 0.4) is 0 Å². The molecule has 0 radical (unpaired) electrons. The highest BCUT2D eigenvalue weighted by Gasteiger charge is 2.33. The van der Waals surface area contributed by atoms with E-state index in [1.54, 1.807) is 0 Å². The van der Waals surface area contributed by atoms with Gasteiger partial charge in [0.15, 0.2) is 0 Å². The van der Waals surface area contributed by atoms with Crippen molar-refractivity contribution >= 4 is 39.1 Å². The first-order valence-corrected chi connectivity index (χ1v) is 15.2. The molecule has 0 saturated carbocycles. The van der Waals surface area contributed by atoms with Crippen LogP contribution in [0, 0.1) is 12.7 Å². The molecule has 0 spiro atoms. The normalized spacial score (nSPS) is 12.8. The van der Waals surface area contributed by atoms with Crippen molar-refractivity contribution in [1.29, 1.82) is 0 Å². The second-order valence-corrected chi connectivity index (χ2v) is 12.2. The van der Waals surface area contributed by atoms with Gasteiger partial charge < -0.3 is 10.2 Å². The number of nitrogens with one attached hydrogen (secondary N) is 1. The number of sulfonamides is 1. The molecule has 7 nitrogen and oxygen atoms in total. The quantitative estimate of drug-likeness (QED) is 0.319. The smallest absolute Gasteiger partial charge is 0.244 e. The first-order valence-electron chi connectivity index (χ1n) is 13.0. The van der Waals surface area contributed by atoms with Gasteiger partial charge in [0.2, 0.25) is 21.8 Å². The Morgan fingerprint density at radius 2 is 1.68 bits per heavy atom. The molecule has 0 unspecified atom stereocenters. The third-order valence-electron chi connectivity index (χ3n) is 6.74. The highest BCUT2D eigenvalue weighted by atomic mass is 35.5. The van der Waals surface area contributed by atoms with Crippen molar-refractivity contribution in [1.82, 2.24) is 10.2 Å². The number of halogens is 2. The lowest BCUT2D eigenvalue weighted by atomic mass is 10.0. The summed E-state index contributed by atoms with van der Waals surface area (Å²) in [5, 5.41) is 2.72. The van der Waals surface area contributed by atoms with Gasteiger partial charge in [0, 0.05) is 19.0 Å². The van der Waals surface area contributed by atoms with Crippen molar-refractivity contribution in [2.24, 2.45) is 0 Å². The molecular formula is C30H35ClFN3O4S. The van der Waals surface area contributed by atoms with Gasteiger partial charge >= 0.3 is 0 Å². The Balaban J connectivity index is 2.08. The number of anilines is 1. The Morgan fingerprint density at radius 1 is 1.02 bits per heavy atom. The first kappa shape index (κ1) is 31.1. The minimum atomic E-state index is -3.98. The van der Waals surface area contributed by atoms with Crippen LogP contribution in [-0.2, 0) is 32.6 Å². The third kappa shape index (κ3) is 8.29. The molecule has 40 heavy (non-hydrogen) atoms. The summed E-state index contributed by atoms with van der Waals surface area (Å²) in [7, 11) is -3.98. The van der Waals surface area contributed by atoms with Gasteiger partial charge in [0.05, 0.1) is 17.0 Å². The largest absolute Gasteiger partial charge is 0.352 e. The van der Waals surface area contributed by atoms with E-state index >= 15 is 0 Å². The second-order valence-electron chi connectivity index (χ2n) is 9.84. The summed E-state index contributed by atoms with van der Waals surface area (Å²) in [6, 6.07) is 19.2. The molecule has 0 bridgehead atoms. The molecule has 2 amide bonds. The SMILES string of the molecule is CC[C@H](C)NC(=O)[C@@H](Cc1ccccc1)N(Cc1ccccc1C)C(=O)CN(c1ccc(F)c(Cl)c1)S(C)(=O)=O. The zero-order valence-electron chi connectivity index (χ0n) is 23.1. The maximum Gasteiger partial charge on any atom is 0.244 e. The van der Waals surface area contributed by atoms with Gasteiger partial charge in [-0.3, -0.25) is 13.9 Å². The molecule has 2 atom stereocenters. The molecular weight excluding hydrogens is 553 g/mol. The van der Waals surface area contributed by atoms with E-state index in [1.807, 2.05) is 75.4 Å². The van der Waals surface area contributed by atoms with E-state index in [2.05, 4.69) is 5.32 Å². The summed E-state index contributed by atoms with van der Waals surface area (Å²) < 4.78 is 40.4. The van der Waals surface area contributed by atoms with Gasteiger partial charge in [0.1, 0.15) is 18.4 Å². The number of carbonyl (C=O) groups excluding carboxylic acids is 2. The van der Waals surface area contributed by atoms with Crippen LogP contribution in [0.15, 0.2) is 72.8 Å². The Morgan fingerprint density at radius 3 is 2.27 bits per heavy atom. The van der Waals surface area contributed by atoms with Crippen LogP contribution in [-0.4, -0.2) is 50.0 Å². The molecule has 0 aliphatic carbocycles. The predicted octanol–water partition coefficient (Wildman–Crippen LogP) is 5.11. The Bertz CT molecular complexity index is 1440. The fraction of sp³-hybridized carbons (Fsp3) is 0.333. The maximum atomic E-state index is 14.1. The van der Waals surface area contributed by atoms with E-state index in [0.29, 0.717) is 6.42 Å². The fourth-order valence-corrected chi connectivity index (χ4v) is 5.24. The van der Waals surface area contributed by atoms with Crippen LogP contribution in [0.5, 0.6) is 0 Å². The highest BCUT2D eigenvalue weighted by molar-refractivity contribution is 7.92. The lowest BCUT2D eigenvalue weighted by Gasteiger charge is -2.34. The van der Waals surface area contributed by atoms with E-state index in [-0.39, 0.29) is 35.6 Å². The molecule has 10 heteroatoms. The first-order chi connectivity index (χ1) is 18.9. The summed E-state index contributed by atoms with van der Waals surface area (Å²) in [4.78, 5) is 29.2. The Labute approximate surface area is 241 Å². The standard InChI is InChI=1S/C30H35ClFN3O4S/c1-5-22(3)33-30(37)28(17-23-12-7-6-8-13-23)34(19-24-14-10-9-11-21(24)2)29(36)20-35(40(4,38)39)25-15-16-27(32)26(31)18-25/h6-16,18,22,28H,5,17,19-20H2,1-4H3,(H,33,37)/t22-,28+/m0/s1. The average Bonchev–Trinajstić information content (AvgIpc) is 2.91. The van der Waals surface area contributed by atoms with Crippen LogP contribution in [0.2, 0.25) is 5.02 Å². The minimum Gasteiger partial charge on any atom is -0.352 e. The Kier molecular flexibility index (Phi) is 10.7. The molecule has 0 saturated heterocycles. The molecule has 3 aromatic carbocycles. The van der Waals surface area contributed by atoms with Gasteiger partial charge in [-0.25, -0.2) is 12.8 Å². The molecule has 0 aromatic heterocycles. The van der Waals surface area contributed by atoms with E-state index in [0.717, 1.165) is 39.4 Å². The molecule has 214 valence electrons. The van der Waals surface area contributed by atoms with Crippen LogP contribution in [0.25, 0.3) is 0 Å². The van der Waals surface area contributed by atoms with Crippen molar-refractivity contribution in [2.45, 2.75) is 52.2 Å². The molecule has 0 heterocycles. The lowest BCUT2D eigenvalue weighted by molar-refractivity contribution is -0.140. The molecule has 0 fully saturated rings. The summed E-state index contributed by atoms with van der Waals surface area (Å²) >= 11 is 5.93. The number of carbonyl (C=O) groups is 2. The topological polar surface area (TPSA) is 86.8 Å². The van der Waals surface area contributed by atoms with Gasteiger partial charge in [-0.15, -0.1) is 0 Å². The number of rotatable bonds is 12. The van der Waals surface area contributed by atoms with Crippen LogP contribution in [0.4, 0.5) is 10.1 Å². The molecule has 0 aliphatic rings. The van der Waals surface area contributed by atoms with E-state index < -0.39 is 34.3 Å². The monoisotopic (exact) mass is 587 g/mol. The number of benzene rings is 3. The van der Waals surface area contributed by atoms with Crippen molar-refractivity contribution in [3.05, 3.63) is 100 Å². The summed E-state index contributed by atoms with van der Waals surface area (Å²) in [6.07, 6.45) is 1.88. The molecule has 3 rings (SSSR count). The Hall–Kier alpha value is -3.43. The van der Waals surface area contributed by atoms with Gasteiger partial charge in [-0.05, 0) is 55.2 Å². The van der Waals surface area contributed by atoms with Crippen LogP contribution < -0.4 is 9.62 Å². The summed E-state index contributed by atoms with van der Waals surface area (Å²) in [5.41, 5.74) is 2.63. The molecule has 0 aliphatic heterocycles. The number of hydrogen-bond donors (Lipinski definition) is 1. The minimum absolute atomic E-state index is 0.0433. The van der Waals surface area contributed by atoms with Crippen molar-refractivity contribution < 1.29 is 22.4 Å². The number of hydrogen-bond acceptors (Lipinski definition) is 4. The zero-order chi connectivity index (χ0) is 29.4. The lowest BCUT2D eigenvalue weighted by Crippen LogP contribution is -2.54. The predicted molar refractivity (Wildman–Crippen MR) is 157 cm³/mol. The maximum absolute atomic E-state index is 14.1. The van der Waals surface area contributed by atoms with Crippen molar-refractivity contribution in [2.75, 3.05) is 17.1 Å².